The van der Waals surface area contributed by atoms with Crippen molar-refractivity contribution in [2.45, 2.75) is 108 Å². The highest BCUT2D eigenvalue weighted by atomic mass is 14.4. The maximum Gasteiger partial charge on any atom is 0.00303 e. The van der Waals surface area contributed by atoms with Gasteiger partial charge in [0.15, 0.2) is 0 Å². The van der Waals surface area contributed by atoms with E-state index < -0.39 is 0 Å². The number of hydrogen-bond donors (Lipinski definition) is 0. The number of allylic oxidation sites excluding steroid dienone is 7. The van der Waals surface area contributed by atoms with Crippen molar-refractivity contribution in [1.29, 1.82) is 0 Å². The van der Waals surface area contributed by atoms with Crippen LogP contribution in [-0.4, -0.2) is 0 Å². The largest absolute Gasteiger partial charge is 0.102 e. The highest BCUT2D eigenvalue weighted by Gasteiger charge is 2.40. The highest BCUT2D eigenvalue weighted by Crippen LogP contribution is 2.49. The van der Waals surface area contributed by atoms with Gasteiger partial charge in [0.2, 0.25) is 0 Å². The molecule has 0 saturated carbocycles. The van der Waals surface area contributed by atoms with Crippen molar-refractivity contribution in [3.05, 3.63) is 60.8 Å². The zero-order chi connectivity index (χ0) is 26.3. The summed E-state index contributed by atoms with van der Waals surface area (Å²) in [6, 6.07) is 0. The van der Waals surface area contributed by atoms with Crippen LogP contribution in [0.4, 0.5) is 0 Å². The molecule has 194 valence electrons. The first-order chi connectivity index (χ1) is 15.6. The van der Waals surface area contributed by atoms with Gasteiger partial charge in [-0.1, -0.05) is 110 Å². The normalized spacial score (nSPS) is 26.9. The van der Waals surface area contributed by atoms with Gasteiger partial charge in [0.25, 0.3) is 0 Å². The van der Waals surface area contributed by atoms with E-state index in [1.54, 1.807) is 5.57 Å². The summed E-state index contributed by atoms with van der Waals surface area (Å²) in [5.74, 6) is 3.83. The van der Waals surface area contributed by atoms with Crippen molar-refractivity contribution in [3.63, 3.8) is 0 Å². The Kier molecular flexibility index (Phi) is 11.9. The molecule has 0 saturated heterocycles. The second kappa shape index (κ2) is 13.1. The molecule has 0 amide bonds. The highest BCUT2D eigenvalue weighted by molar-refractivity contribution is 5.15. The molecule has 1 rings (SSSR count). The molecule has 0 nitrogen and oxygen atoms in total. The molecule has 1 aliphatic rings. The van der Waals surface area contributed by atoms with E-state index in [1.807, 2.05) is 0 Å². The Morgan fingerprint density at radius 1 is 1.09 bits per heavy atom. The molecule has 1 aliphatic carbocycles. The van der Waals surface area contributed by atoms with E-state index in [0.717, 1.165) is 18.8 Å². The Morgan fingerprint density at radius 3 is 2.26 bits per heavy atom. The van der Waals surface area contributed by atoms with Crippen LogP contribution in [0, 0.1) is 46.3 Å². The summed E-state index contributed by atoms with van der Waals surface area (Å²) in [6.07, 6.45) is 16.7. The molecular formula is C34H58. The molecule has 0 N–H and O–H groups in total. The van der Waals surface area contributed by atoms with Crippen molar-refractivity contribution in [1.82, 2.24) is 0 Å². The maximum absolute atomic E-state index is 4.41. The van der Waals surface area contributed by atoms with Crippen LogP contribution in [0.25, 0.3) is 0 Å². The zero-order valence-corrected chi connectivity index (χ0v) is 24.6. The van der Waals surface area contributed by atoms with Crippen LogP contribution in [0.15, 0.2) is 60.8 Å². The van der Waals surface area contributed by atoms with E-state index in [1.165, 1.54) is 36.8 Å². The molecule has 0 fully saturated rings. The van der Waals surface area contributed by atoms with Crippen LogP contribution in [0.5, 0.6) is 0 Å². The Bertz CT molecular complexity index is 744. The molecule has 0 unspecified atom stereocenters. The van der Waals surface area contributed by atoms with E-state index in [2.05, 4.69) is 113 Å². The van der Waals surface area contributed by atoms with Gasteiger partial charge < -0.3 is 0 Å². The van der Waals surface area contributed by atoms with E-state index in [4.69, 9.17) is 0 Å². The molecule has 7 atom stereocenters. The van der Waals surface area contributed by atoms with E-state index in [9.17, 15) is 0 Å². The van der Waals surface area contributed by atoms with Crippen molar-refractivity contribution in [3.8, 4) is 0 Å². The third-order valence-electron chi connectivity index (χ3n) is 9.72. The topological polar surface area (TPSA) is 0 Å². The third kappa shape index (κ3) is 8.73. The van der Waals surface area contributed by atoms with E-state index in [0.29, 0.717) is 35.0 Å². The molecule has 34 heavy (non-hydrogen) atoms. The minimum Gasteiger partial charge on any atom is -0.102 e. The molecule has 0 heteroatoms. The standard InChI is InChI=1S/C34H58/c1-14-34(13,22-20-28(7)27(6)17-16-26(5)24(2)3)21-19-25(4)15-18-32-31(10)29(8)23-30(9)33(32,11)12/h14,19,21,23,25-26,28,30-32H,1-2,6,15-18,20,22H2,3-5,7-13H3/b21-19+/t25-,26+,28+,30+,31-,32+,34-/m0/s1. The molecule has 0 aromatic rings. The minimum absolute atomic E-state index is 0.0546. The van der Waals surface area contributed by atoms with Crippen LogP contribution in [-0.2, 0) is 0 Å². The SMILES string of the molecule is C=C[C@@](C)(/C=C/[C@@H](C)CC[C@@H]1[C@@H](C)C(C)=C[C@@H](C)C1(C)C)CC[C@@H](C)C(=C)CC[C@@H](C)C(=C)C. The predicted molar refractivity (Wildman–Crippen MR) is 156 cm³/mol. The van der Waals surface area contributed by atoms with Crippen molar-refractivity contribution >= 4 is 0 Å². The Labute approximate surface area is 214 Å². The van der Waals surface area contributed by atoms with E-state index >= 15 is 0 Å². The quantitative estimate of drug-likeness (QED) is 0.223. The van der Waals surface area contributed by atoms with Crippen LogP contribution in [0.3, 0.4) is 0 Å². The van der Waals surface area contributed by atoms with Crippen molar-refractivity contribution in [2.24, 2.45) is 46.3 Å². The fourth-order valence-electron chi connectivity index (χ4n) is 5.48. The molecule has 0 aromatic heterocycles. The lowest BCUT2D eigenvalue weighted by Gasteiger charge is -2.46. The van der Waals surface area contributed by atoms with Gasteiger partial charge in [-0.2, -0.15) is 0 Å². The summed E-state index contributed by atoms with van der Waals surface area (Å²) in [5, 5.41) is 0. The molecule has 0 aromatic carbocycles. The smallest absolute Gasteiger partial charge is 0.00303 e. The van der Waals surface area contributed by atoms with Gasteiger partial charge in [-0.25, -0.2) is 0 Å². The molecule has 0 aliphatic heterocycles. The summed E-state index contributed by atoms with van der Waals surface area (Å²) in [4.78, 5) is 0. The summed E-state index contributed by atoms with van der Waals surface area (Å²) >= 11 is 0. The fourth-order valence-corrected chi connectivity index (χ4v) is 5.48. The Hall–Kier alpha value is -1.30. The fraction of sp³-hybridized carbons (Fsp3) is 0.706. The monoisotopic (exact) mass is 466 g/mol. The summed E-state index contributed by atoms with van der Waals surface area (Å²) in [7, 11) is 0. The lowest BCUT2D eigenvalue weighted by atomic mass is 9.58. The zero-order valence-electron chi connectivity index (χ0n) is 24.6. The second-order valence-electron chi connectivity index (χ2n) is 12.9. The lowest BCUT2D eigenvalue weighted by Crippen LogP contribution is -2.38. The summed E-state index contributed by atoms with van der Waals surface area (Å²) < 4.78 is 0. The summed E-state index contributed by atoms with van der Waals surface area (Å²) in [5.41, 5.74) is 4.68. The number of hydrogen-bond acceptors (Lipinski definition) is 0. The van der Waals surface area contributed by atoms with Gasteiger partial charge in [0.05, 0.1) is 0 Å². The molecule has 0 spiro atoms. The predicted octanol–water partition coefficient (Wildman–Crippen LogP) is 11.0. The average molecular weight is 467 g/mol. The average Bonchev–Trinajstić information content (AvgIpc) is 2.77. The first kappa shape index (κ1) is 30.7. The van der Waals surface area contributed by atoms with Gasteiger partial charge in [-0.15, -0.1) is 6.58 Å². The van der Waals surface area contributed by atoms with Crippen LogP contribution in [0.1, 0.15) is 108 Å². The molecule has 0 radical (unpaired) electrons. The van der Waals surface area contributed by atoms with Crippen LogP contribution < -0.4 is 0 Å². The second-order valence-corrected chi connectivity index (χ2v) is 12.9. The first-order valence-electron chi connectivity index (χ1n) is 14.0. The van der Waals surface area contributed by atoms with Gasteiger partial charge in [0, 0.05) is 5.41 Å². The number of rotatable bonds is 14. The molecular weight excluding hydrogens is 408 g/mol. The summed E-state index contributed by atoms with van der Waals surface area (Å²) in [6.45, 7) is 36.3. The Balaban J connectivity index is 2.63. The molecule has 0 bridgehead atoms. The minimum atomic E-state index is 0.0546. The maximum atomic E-state index is 4.41. The van der Waals surface area contributed by atoms with E-state index in [-0.39, 0.29) is 5.41 Å². The van der Waals surface area contributed by atoms with Gasteiger partial charge in [0.1, 0.15) is 0 Å². The van der Waals surface area contributed by atoms with Gasteiger partial charge in [-0.05, 0) is 93.3 Å². The van der Waals surface area contributed by atoms with Crippen molar-refractivity contribution in [2.75, 3.05) is 0 Å². The first-order valence-corrected chi connectivity index (χ1v) is 14.0. The third-order valence-corrected chi connectivity index (χ3v) is 9.72. The van der Waals surface area contributed by atoms with Crippen LogP contribution in [0.2, 0.25) is 0 Å². The molecule has 0 heterocycles. The van der Waals surface area contributed by atoms with Gasteiger partial charge in [-0.3, -0.25) is 0 Å². The lowest BCUT2D eigenvalue weighted by molar-refractivity contribution is 0.0892. The van der Waals surface area contributed by atoms with Gasteiger partial charge >= 0.3 is 0 Å². The van der Waals surface area contributed by atoms with Crippen LogP contribution >= 0.6 is 0 Å². The Morgan fingerprint density at radius 2 is 1.71 bits per heavy atom. The van der Waals surface area contributed by atoms with Crippen molar-refractivity contribution < 1.29 is 0 Å².